The van der Waals surface area contributed by atoms with E-state index in [0.717, 1.165) is 48.2 Å². The van der Waals surface area contributed by atoms with Crippen molar-refractivity contribution in [3.05, 3.63) is 59.0 Å². The fraction of sp³-hybridized carbons (Fsp3) is 0.294. The largest absolute Gasteiger partial charge is 0.381 e. The van der Waals surface area contributed by atoms with Crippen molar-refractivity contribution in [1.29, 1.82) is 0 Å². The molecule has 1 fully saturated rings. The first-order valence-electron chi connectivity index (χ1n) is 7.44. The Labute approximate surface area is 133 Å². The van der Waals surface area contributed by atoms with E-state index in [0.29, 0.717) is 5.92 Å². The number of fused-ring (bicyclic) bond motifs is 1. The molecule has 0 spiro atoms. The summed E-state index contributed by atoms with van der Waals surface area (Å²) < 4.78 is 7.74. The zero-order valence-corrected chi connectivity index (χ0v) is 12.8. The summed E-state index contributed by atoms with van der Waals surface area (Å²) in [6.45, 7) is 2.29. The number of imidazole rings is 1. The molecule has 0 radical (unpaired) electrons. The van der Waals surface area contributed by atoms with Crippen LogP contribution >= 0.6 is 11.6 Å². The van der Waals surface area contributed by atoms with E-state index in [2.05, 4.69) is 9.55 Å². The number of hydrogen-bond donors (Lipinski definition) is 0. The van der Waals surface area contributed by atoms with Gasteiger partial charge in [0.1, 0.15) is 11.3 Å². The van der Waals surface area contributed by atoms with E-state index in [1.165, 1.54) is 5.56 Å². The number of rotatable bonds is 3. The Morgan fingerprint density at radius 2 is 2.09 bits per heavy atom. The highest BCUT2D eigenvalue weighted by molar-refractivity contribution is 6.30. The maximum atomic E-state index is 5.98. The van der Waals surface area contributed by atoms with Crippen LogP contribution in [0, 0.1) is 0 Å². The van der Waals surface area contributed by atoms with Gasteiger partial charge in [-0.25, -0.2) is 9.97 Å². The molecule has 1 unspecified atom stereocenters. The van der Waals surface area contributed by atoms with Crippen LogP contribution in [0.5, 0.6) is 0 Å². The maximum Gasteiger partial charge on any atom is 0.160 e. The Morgan fingerprint density at radius 1 is 1.23 bits per heavy atom. The van der Waals surface area contributed by atoms with E-state index >= 15 is 0 Å². The highest BCUT2D eigenvalue weighted by Gasteiger charge is 2.24. The molecule has 5 heteroatoms. The standard InChI is InChI=1S/C17H16ClN3O/c18-14-5-3-12(4-6-14)10-21-16(13-7-9-22-11-13)20-15-2-1-8-19-17(15)21/h1-6,8,13H,7,9-11H2. The SMILES string of the molecule is Clc1ccc(Cn2c(C3CCOC3)nc3cccnc32)cc1. The summed E-state index contributed by atoms with van der Waals surface area (Å²) in [5.74, 6) is 1.42. The van der Waals surface area contributed by atoms with Crippen LogP contribution in [0.4, 0.5) is 0 Å². The van der Waals surface area contributed by atoms with Gasteiger partial charge < -0.3 is 9.30 Å². The van der Waals surface area contributed by atoms with Crippen LogP contribution in [-0.4, -0.2) is 27.7 Å². The van der Waals surface area contributed by atoms with Crippen LogP contribution in [0.3, 0.4) is 0 Å². The molecule has 3 aromatic rings. The quantitative estimate of drug-likeness (QED) is 0.741. The van der Waals surface area contributed by atoms with Crippen LogP contribution in [0.25, 0.3) is 11.2 Å². The third-order valence-electron chi connectivity index (χ3n) is 4.08. The molecule has 1 aliphatic rings. The van der Waals surface area contributed by atoms with Gasteiger partial charge in [0.2, 0.25) is 0 Å². The Balaban J connectivity index is 1.79. The van der Waals surface area contributed by atoms with Crippen molar-refractivity contribution in [2.45, 2.75) is 18.9 Å². The lowest BCUT2D eigenvalue weighted by atomic mass is 10.1. The Hall–Kier alpha value is -1.91. The normalized spacial score (nSPS) is 18.1. The molecule has 4 rings (SSSR count). The lowest BCUT2D eigenvalue weighted by Gasteiger charge is -2.12. The van der Waals surface area contributed by atoms with Crippen LogP contribution in [0.1, 0.15) is 23.7 Å². The van der Waals surface area contributed by atoms with Crippen LogP contribution < -0.4 is 0 Å². The van der Waals surface area contributed by atoms with Crippen molar-refractivity contribution in [3.8, 4) is 0 Å². The summed E-state index contributed by atoms with van der Waals surface area (Å²) in [4.78, 5) is 9.32. The van der Waals surface area contributed by atoms with Crippen molar-refractivity contribution in [1.82, 2.24) is 14.5 Å². The second-order valence-corrected chi connectivity index (χ2v) is 6.03. The molecule has 0 N–H and O–H groups in total. The van der Waals surface area contributed by atoms with Crippen LogP contribution in [0.15, 0.2) is 42.6 Å². The maximum absolute atomic E-state index is 5.98. The van der Waals surface area contributed by atoms with Gasteiger partial charge in [-0.05, 0) is 36.2 Å². The zero-order valence-electron chi connectivity index (χ0n) is 12.1. The Bertz CT molecular complexity index is 791. The second kappa shape index (κ2) is 5.71. The van der Waals surface area contributed by atoms with Gasteiger partial charge in [-0.15, -0.1) is 0 Å². The fourth-order valence-electron chi connectivity index (χ4n) is 2.95. The minimum Gasteiger partial charge on any atom is -0.381 e. The highest BCUT2D eigenvalue weighted by atomic mass is 35.5. The van der Waals surface area contributed by atoms with Gasteiger partial charge in [0.25, 0.3) is 0 Å². The van der Waals surface area contributed by atoms with Gasteiger partial charge in [0.05, 0.1) is 13.2 Å². The molecule has 0 saturated carbocycles. The molecule has 0 amide bonds. The minimum absolute atomic E-state index is 0.349. The van der Waals surface area contributed by atoms with E-state index in [9.17, 15) is 0 Å². The van der Waals surface area contributed by atoms with E-state index in [4.69, 9.17) is 21.3 Å². The average molecular weight is 314 g/mol. The summed E-state index contributed by atoms with van der Waals surface area (Å²) in [6, 6.07) is 11.9. The summed E-state index contributed by atoms with van der Waals surface area (Å²) in [7, 11) is 0. The minimum atomic E-state index is 0.349. The summed E-state index contributed by atoms with van der Waals surface area (Å²) in [5, 5.41) is 0.752. The number of pyridine rings is 1. The topological polar surface area (TPSA) is 39.9 Å². The van der Waals surface area contributed by atoms with Gasteiger partial charge in [0, 0.05) is 23.7 Å². The lowest BCUT2D eigenvalue weighted by molar-refractivity contribution is 0.193. The first-order chi connectivity index (χ1) is 10.8. The van der Waals surface area contributed by atoms with Crippen molar-refractivity contribution >= 4 is 22.8 Å². The van der Waals surface area contributed by atoms with Crippen molar-refractivity contribution < 1.29 is 4.74 Å². The van der Waals surface area contributed by atoms with Crippen molar-refractivity contribution in [2.24, 2.45) is 0 Å². The van der Waals surface area contributed by atoms with E-state index in [1.807, 2.05) is 42.6 Å². The summed E-state index contributed by atoms with van der Waals surface area (Å²) in [6.07, 6.45) is 2.83. The molecule has 1 aromatic carbocycles. The second-order valence-electron chi connectivity index (χ2n) is 5.59. The molecule has 0 aliphatic carbocycles. The van der Waals surface area contributed by atoms with Crippen LogP contribution in [0.2, 0.25) is 5.02 Å². The van der Waals surface area contributed by atoms with Crippen LogP contribution in [-0.2, 0) is 11.3 Å². The number of hydrogen-bond acceptors (Lipinski definition) is 3. The first-order valence-corrected chi connectivity index (χ1v) is 7.82. The molecule has 1 atom stereocenters. The molecule has 0 bridgehead atoms. The van der Waals surface area contributed by atoms with E-state index in [1.54, 1.807) is 0 Å². The van der Waals surface area contributed by atoms with Gasteiger partial charge in [-0.2, -0.15) is 0 Å². The number of benzene rings is 1. The predicted octanol–water partition coefficient (Wildman–Crippen LogP) is 3.64. The molecule has 112 valence electrons. The lowest BCUT2D eigenvalue weighted by Crippen LogP contribution is -2.10. The smallest absolute Gasteiger partial charge is 0.160 e. The number of aromatic nitrogens is 3. The Kier molecular flexibility index (Phi) is 3.56. The monoisotopic (exact) mass is 313 g/mol. The summed E-state index contributed by atoms with van der Waals surface area (Å²) in [5.41, 5.74) is 3.06. The first kappa shape index (κ1) is 13.7. The number of halogens is 1. The molecule has 22 heavy (non-hydrogen) atoms. The molecular formula is C17H16ClN3O. The van der Waals surface area contributed by atoms with Gasteiger partial charge >= 0.3 is 0 Å². The Morgan fingerprint density at radius 3 is 2.86 bits per heavy atom. The van der Waals surface area contributed by atoms with Gasteiger partial charge in [-0.1, -0.05) is 23.7 Å². The predicted molar refractivity (Wildman–Crippen MR) is 86.3 cm³/mol. The third kappa shape index (κ3) is 2.49. The van der Waals surface area contributed by atoms with Crippen molar-refractivity contribution in [3.63, 3.8) is 0 Å². The van der Waals surface area contributed by atoms with E-state index in [-0.39, 0.29) is 0 Å². The van der Waals surface area contributed by atoms with Crippen molar-refractivity contribution in [2.75, 3.05) is 13.2 Å². The fourth-order valence-corrected chi connectivity index (χ4v) is 3.08. The zero-order chi connectivity index (χ0) is 14.9. The van der Waals surface area contributed by atoms with E-state index < -0.39 is 0 Å². The molecule has 1 saturated heterocycles. The molecule has 1 aliphatic heterocycles. The molecule has 3 heterocycles. The van der Waals surface area contributed by atoms with Gasteiger partial charge in [0.15, 0.2) is 5.65 Å². The summed E-state index contributed by atoms with van der Waals surface area (Å²) >= 11 is 5.98. The molecular weight excluding hydrogens is 298 g/mol. The average Bonchev–Trinajstić information content (AvgIpc) is 3.18. The highest BCUT2D eigenvalue weighted by Crippen LogP contribution is 2.28. The van der Waals surface area contributed by atoms with Gasteiger partial charge in [-0.3, -0.25) is 0 Å². The molecule has 4 nitrogen and oxygen atoms in total. The number of ether oxygens (including phenoxy) is 1. The third-order valence-corrected chi connectivity index (χ3v) is 4.33. The number of nitrogens with zero attached hydrogens (tertiary/aromatic N) is 3. The molecule has 2 aromatic heterocycles.